The number of nitrogens with one attached hydrogen (secondary N) is 3. The Kier molecular flexibility index (Phi) is 6.84. The molecule has 0 radical (unpaired) electrons. The Morgan fingerprint density at radius 2 is 1.97 bits per heavy atom. The zero-order valence-electron chi connectivity index (χ0n) is 15.5. The first-order valence-electron chi connectivity index (χ1n) is 8.77. The molecule has 2 aromatic carbocycles. The highest BCUT2D eigenvalue weighted by Crippen LogP contribution is 2.21. The molecule has 3 N–H and O–H groups in total. The molecule has 1 aliphatic rings. The number of sulfone groups is 1. The smallest absolute Gasteiger partial charge is 0.241 e. The minimum Gasteiger partial charge on any atom is -0.331 e. The van der Waals surface area contributed by atoms with E-state index in [9.17, 15) is 18.0 Å². The second kappa shape index (κ2) is 9.17. The number of hydrogen-bond donors (Lipinski definition) is 3. The molecule has 2 amide bonds. The van der Waals surface area contributed by atoms with Crippen LogP contribution >= 0.6 is 23.4 Å². The van der Waals surface area contributed by atoms with Crippen molar-refractivity contribution in [3.8, 4) is 0 Å². The molecule has 1 aliphatic heterocycles. The maximum absolute atomic E-state index is 12.7. The summed E-state index contributed by atoms with van der Waals surface area (Å²) in [6.07, 6.45) is 0. The van der Waals surface area contributed by atoms with Crippen molar-refractivity contribution in [2.24, 2.45) is 0 Å². The maximum atomic E-state index is 12.7. The number of thioether (sulfide) groups is 1. The number of hydrogen-bond acceptors (Lipinski definition) is 6. The van der Waals surface area contributed by atoms with Gasteiger partial charge in [-0.05, 0) is 48.9 Å². The van der Waals surface area contributed by atoms with Gasteiger partial charge in [0, 0.05) is 17.3 Å². The Hall–Kier alpha value is -2.07. The minimum absolute atomic E-state index is 0.0347. The first-order valence-corrected chi connectivity index (χ1v) is 11.7. The Bertz CT molecular complexity index is 1010. The number of carbonyl (C=O) groups is 2. The van der Waals surface area contributed by atoms with E-state index in [0.717, 1.165) is 5.56 Å². The standard InChI is InChI=1S/C19H20ClN3O4S2/c1-12-3-2-4-14(9-12)22-17(24)11-28-19-21-10-16(18(25)23-19)29(26,27)15-7-5-13(20)6-8-15/h2-9,16,19,21H,10-11H2,1H3,(H,22,24)(H,23,25). The van der Waals surface area contributed by atoms with Crippen LogP contribution in [0.3, 0.4) is 0 Å². The average Bonchev–Trinajstić information content (AvgIpc) is 2.66. The quantitative estimate of drug-likeness (QED) is 0.619. The summed E-state index contributed by atoms with van der Waals surface area (Å²) < 4.78 is 25.4. The largest absolute Gasteiger partial charge is 0.331 e. The van der Waals surface area contributed by atoms with Crippen LogP contribution in [0.1, 0.15) is 5.56 Å². The molecule has 0 saturated carbocycles. The van der Waals surface area contributed by atoms with Gasteiger partial charge in [-0.3, -0.25) is 14.9 Å². The molecule has 10 heteroatoms. The van der Waals surface area contributed by atoms with Crippen LogP contribution in [0.2, 0.25) is 5.02 Å². The van der Waals surface area contributed by atoms with E-state index >= 15 is 0 Å². The summed E-state index contributed by atoms with van der Waals surface area (Å²) >= 11 is 6.97. The van der Waals surface area contributed by atoms with E-state index in [1.165, 1.54) is 36.0 Å². The Morgan fingerprint density at radius 1 is 1.24 bits per heavy atom. The van der Waals surface area contributed by atoms with Gasteiger partial charge < -0.3 is 10.6 Å². The van der Waals surface area contributed by atoms with Crippen LogP contribution in [0.4, 0.5) is 5.69 Å². The van der Waals surface area contributed by atoms with Gasteiger partial charge in [0.2, 0.25) is 11.8 Å². The van der Waals surface area contributed by atoms with E-state index in [1.54, 1.807) is 6.07 Å². The summed E-state index contributed by atoms with van der Waals surface area (Å²) in [5, 5.41) is 7.52. The average molecular weight is 454 g/mol. The molecule has 0 aromatic heterocycles. The van der Waals surface area contributed by atoms with Crippen LogP contribution in [0.25, 0.3) is 0 Å². The molecule has 1 heterocycles. The van der Waals surface area contributed by atoms with E-state index in [4.69, 9.17) is 11.6 Å². The van der Waals surface area contributed by atoms with Gasteiger partial charge >= 0.3 is 0 Å². The SMILES string of the molecule is Cc1cccc(NC(=O)CSC2NCC(S(=O)(=O)c3ccc(Cl)cc3)C(=O)N2)c1. The number of halogens is 1. The lowest BCUT2D eigenvalue weighted by atomic mass is 10.2. The number of aryl methyl sites for hydroxylation is 1. The summed E-state index contributed by atoms with van der Waals surface area (Å²) in [6.45, 7) is 1.88. The number of anilines is 1. The third-order valence-electron chi connectivity index (χ3n) is 4.25. The van der Waals surface area contributed by atoms with Gasteiger partial charge in [-0.1, -0.05) is 23.7 Å². The second-order valence-corrected chi connectivity index (χ2v) is 10.2. The van der Waals surface area contributed by atoms with Crippen molar-refractivity contribution in [3.05, 3.63) is 59.1 Å². The van der Waals surface area contributed by atoms with Gasteiger partial charge in [0.1, 0.15) is 5.50 Å². The van der Waals surface area contributed by atoms with Gasteiger partial charge in [0.25, 0.3) is 0 Å². The van der Waals surface area contributed by atoms with Crippen molar-refractivity contribution in [2.75, 3.05) is 17.6 Å². The van der Waals surface area contributed by atoms with Gasteiger partial charge in [0.05, 0.1) is 10.6 Å². The van der Waals surface area contributed by atoms with E-state index in [1.807, 2.05) is 25.1 Å². The van der Waals surface area contributed by atoms with Crippen molar-refractivity contribution in [2.45, 2.75) is 22.6 Å². The van der Waals surface area contributed by atoms with E-state index < -0.39 is 26.5 Å². The maximum Gasteiger partial charge on any atom is 0.241 e. The predicted molar refractivity (Wildman–Crippen MR) is 115 cm³/mol. The van der Waals surface area contributed by atoms with Crippen LogP contribution in [0.15, 0.2) is 53.4 Å². The molecule has 154 valence electrons. The molecule has 0 aliphatic carbocycles. The predicted octanol–water partition coefficient (Wildman–Crippen LogP) is 2.17. The molecule has 7 nitrogen and oxygen atoms in total. The Balaban J connectivity index is 1.54. The summed E-state index contributed by atoms with van der Waals surface area (Å²) in [5.41, 5.74) is 1.18. The van der Waals surface area contributed by atoms with Gasteiger partial charge in [-0.25, -0.2) is 8.42 Å². The van der Waals surface area contributed by atoms with Crippen molar-refractivity contribution in [3.63, 3.8) is 0 Å². The Morgan fingerprint density at radius 3 is 2.62 bits per heavy atom. The molecule has 3 rings (SSSR count). The molecule has 2 atom stereocenters. The van der Waals surface area contributed by atoms with Crippen molar-refractivity contribution < 1.29 is 18.0 Å². The van der Waals surface area contributed by atoms with E-state index in [0.29, 0.717) is 10.7 Å². The topological polar surface area (TPSA) is 104 Å². The number of amides is 2. The third kappa shape index (κ3) is 5.51. The molecule has 2 aromatic rings. The summed E-state index contributed by atoms with van der Waals surface area (Å²) in [4.78, 5) is 24.5. The molecule has 0 spiro atoms. The Labute approximate surface area is 178 Å². The van der Waals surface area contributed by atoms with E-state index in [2.05, 4.69) is 16.0 Å². The van der Waals surface area contributed by atoms with Crippen molar-refractivity contribution in [1.29, 1.82) is 0 Å². The summed E-state index contributed by atoms with van der Waals surface area (Å²) in [7, 11) is -3.85. The molecular weight excluding hydrogens is 434 g/mol. The lowest BCUT2D eigenvalue weighted by Gasteiger charge is -2.29. The fourth-order valence-electron chi connectivity index (χ4n) is 2.80. The fourth-order valence-corrected chi connectivity index (χ4v) is 5.24. The van der Waals surface area contributed by atoms with Gasteiger partial charge in [-0.15, -0.1) is 11.8 Å². The van der Waals surface area contributed by atoms with Crippen LogP contribution < -0.4 is 16.0 Å². The van der Waals surface area contributed by atoms with Crippen molar-refractivity contribution in [1.82, 2.24) is 10.6 Å². The normalized spacial score (nSPS) is 19.4. The fraction of sp³-hybridized carbons (Fsp3) is 0.263. The lowest BCUT2D eigenvalue weighted by molar-refractivity contribution is -0.122. The van der Waals surface area contributed by atoms with Crippen LogP contribution in [-0.2, 0) is 19.4 Å². The van der Waals surface area contributed by atoms with Crippen LogP contribution in [-0.4, -0.2) is 43.3 Å². The first kappa shape index (κ1) is 21.6. The molecule has 1 fully saturated rings. The molecule has 29 heavy (non-hydrogen) atoms. The molecule has 0 bridgehead atoms. The zero-order valence-corrected chi connectivity index (χ0v) is 17.9. The number of carbonyl (C=O) groups excluding carboxylic acids is 2. The number of rotatable bonds is 6. The zero-order chi connectivity index (χ0) is 21.0. The first-order chi connectivity index (χ1) is 13.8. The van der Waals surface area contributed by atoms with E-state index in [-0.39, 0.29) is 23.1 Å². The highest BCUT2D eigenvalue weighted by Gasteiger charge is 2.38. The minimum atomic E-state index is -3.85. The van der Waals surface area contributed by atoms with Gasteiger partial charge in [-0.2, -0.15) is 0 Å². The highest BCUT2D eigenvalue weighted by atomic mass is 35.5. The second-order valence-electron chi connectivity index (χ2n) is 6.51. The summed E-state index contributed by atoms with van der Waals surface area (Å²) in [5.74, 6) is -0.719. The lowest BCUT2D eigenvalue weighted by Crippen LogP contribution is -2.59. The van der Waals surface area contributed by atoms with Gasteiger partial charge in [0.15, 0.2) is 15.1 Å². The monoisotopic (exact) mass is 453 g/mol. The molecule has 2 unspecified atom stereocenters. The molecular formula is C19H20ClN3O4S2. The number of benzene rings is 2. The molecule has 1 saturated heterocycles. The van der Waals surface area contributed by atoms with Crippen LogP contribution in [0, 0.1) is 6.92 Å². The highest BCUT2D eigenvalue weighted by molar-refractivity contribution is 8.00. The van der Waals surface area contributed by atoms with Crippen molar-refractivity contribution >= 4 is 50.7 Å². The van der Waals surface area contributed by atoms with Crippen LogP contribution in [0.5, 0.6) is 0 Å². The third-order valence-corrected chi connectivity index (χ3v) is 7.61. The summed E-state index contributed by atoms with van der Waals surface area (Å²) in [6, 6.07) is 13.1.